The number of hydrogen-bond donors (Lipinski definition) is 0. The fraction of sp³-hybridized carbons (Fsp3) is 0.150. The van der Waals surface area contributed by atoms with Gasteiger partial charge in [0.25, 0.3) is 0 Å². The Labute approximate surface area is 155 Å². The van der Waals surface area contributed by atoms with E-state index >= 15 is 0 Å². The van der Waals surface area contributed by atoms with Crippen LogP contribution in [0.3, 0.4) is 0 Å². The molecule has 27 heavy (non-hydrogen) atoms. The first kappa shape index (κ1) is 17.0. The predicted molar refractivity (Wildman–Crippen MR) is 98.2 cm³/mol. The van der Waals surface area contributed by atoms with Gasteiger partial charge in [-0.05, 0) is 48.7 Å². The maximum Gasteiger partial charge on any atom is 0.231 e. The highest BCUT2D eigenvalue weighted by atomic mass is 19.3. The predicted octanol–water partition coefficient (Wildman–Crippen LogP) is 4.07. The molecule has 4 rings (SSSR count). The molecular formula is C20H17FN4O2. The van der Waals surface area contributed by atoms with Crippen molar-refractivity contribution in [2.45, 2.75) is 12.8 Å². The van der Waals surface area contributed by atoms with Crippen LogP contribution in [0.15, 0.2) is 67.1 Å². The quantitative estimate of drug-likeness (QED) is 0.463. The van der Waals surface area contributed by atoms with Crippen molar-refractivity contribution in [3.63, 3.8) is 0 Å². The van der Waals surface area contributed by atoms with Gasteiger partial charge in [-0.1, -0.05) is 12.1 Å². The Balaban J connectivity index is 1.48. The Kier molecular flexibility index (Phi) is 4.91. The first-order valence-electron chi connectivity index (χ1n) is 8.59. The molecule has 0 aliphatic carbocycles. The maximum absolute atomic E-state index is 12.5. The number of hydrogen-bond acceptors (Lipinski definition) is 5. The summed E-state index contributed by atoms with van der Waals surface area (Å²) in [6.07, 6.45) is 7.05. The molecule has 0 saturated carbocycles. The molecule has 0 N–H and O–H groups in total. The maximum atomic E-state index is 12.5. The van der Waals surface area contributed by atoms with E-state index in [1.807, 2.05) is 24.3 Å². The Bertz CT molecular complexity index is 1040. The van der Waals surface area contributed by atoms with E-state index in [4.69, 9.17) is 4.74 Å². The Morgan fingerprint density at radius 1 is 1.04 bits per heavy atom. The lowest BCUT2D eigenvalue weighted by Crippen LogP contribution is -2.04. The Morgan fingerprint density at radius 3 is 2.78 bits per heavy atom. The van der Waals surface area contributed by atoms with E-state index in [1.165, 1.54) is 11.6 Å². The summed E-state index contributed by atoms with van der Waals surface area (Å²) in [5.41, 5.74) is 3.38. The number of ether oxygens (including phenoxy) is 1. The fourth-order valence-electron chi connectivity index (χ4n) is 2.84. The molecule has 0 aliphatic heterocycles. The monoisotopic (exact) mass is 364 g/mol. The third-order valence-electron chi connectivity index (χ3n) is 4.17. The minimum atomic E-state index is 0.131. The smallest absolute Gasteiger partial charge is 0.231 e. The van der Waals surface area contributed by atoms with Crippen LogP contribution < -0.4 is 9.68 Å². The standard InChI is InChI=1S/C20H17FN4O2/c21-27-17-5-1-4-16(13-17)18-14-23-19-6-7-20(24-25(18)19)26-12-2-3-15-8-10-22-11-9-15/h1,4-11,13-14H,2-3,12H2. The molecule has 136 valence electrons. The van der Waals surface area contributed by atoms with Gasteiger partial charge in [-0.2, -0.15) is 0 Å². The van der Waals surface area contributed by atoms with Crippen LogP contribution in [-0.4, -0.2) is 26.2 Å². The summed E-state index contributed by atoms with van der Waals surface area (Å²) < 4.78 is 19.9. The van der Waals surface area contributed by atoms with Gasteiger partial charge in [0.1, 0.15) is 0 Å². The zero-order valence-corrected chi connectivity index (χ0v) is 14.5. The second kappa shape index (κ2) is 7.82. The van der Waals surface area contributed by atoms with Crippen molar-refractivity contribution in [3.05, 3.63) is 72.7 Å². The molecule has 0 amide bonds. The summed E-state index contributed by atoms with van der Waals surface area (Å²) in [6, 6.07) is 14.3. The summed E-state index contributed by atoms with van der Waals surface area (Å²) >= 11 is 0. The molecule has 3 heterocycles. The summed E-state index contributed by atoms with van der Waals surface area (Å²) in [5, 5.41) is 4.50. The number of nitrogens with zero attached hydrogens (tertiary/aromatic N) is 4. The minimum Gasteiger partial charge on any atom is -0.477 e. The van der Waals surface area contributed by atoms with Crippen LogP contribution in [0.4, 0.5) is 4.53 Å². The van der Waals surface area contributed by atoms with E-state index in [9.17, 15) is 4.53 Å². The molecule has 7 heteroatoms. The third-order valence-corrected chi connectivity index (χ3v) is 4.17. The first-order chi connectivity index (χ1) is 13.3. The lowest BCUT2D eigenvalue weighted by atomic mass is 10.1. The number of aryl methyl sites for hydroxylation is 1. The molecule has 0 aliphatic rings. The van der Waals surface area contributed by atoms with Gasteiger partial charge in [-0.25, -0.2) is 9.50 Å². The van der Waals surface area contributed by atoms with Gasteiger partial charge in [0.05, 0.1) is 18.5 Å². The molecule has 4 aromatic rings. The van der Waals surface area contributed by atoms with Crippen LogP contribution >= 0.6 is 0 Å². The van der Waals surface area contributed by atoms with Crippen molar-refractivity contribution in [2.75, 3.05) is 6.61 Å². The van der Waals surface area contributed by atoms with Gasteiger partial charge in [0.2, 0.25) is 5.88 Å². The number of imidazole rings is 1. The SMILES string of the molecule is FOc1cccc(-c2cnc3ccc(OCCCc4ccncc4)nn23)c1. The van der Waals surface area contributed by atoms with E-state index in [2.05, 4.69) is 20.0 Å². The van der Waals surface area contributed by atoms with E-state index in [0.29, 0.717) is 18.1 Å². The lowest BCUT2D eigenvalue weighted by molar-refractivity contribution is -0.00614. The molecule has 0 bridgehead atoms. The zero-order valence-electron chi connectivity index (χ0n) is 14.5. The van der Waals surface area contributed by atoms with Crippen molar-refractivity contribution in [3.8, 4) is 22.9 Å². The van der Waals surface area contributed by atoms with Crippen LogP contribution in [0.5, 0.6) is 11.6 Å². The van der Waals surface area contributed by atoms with Gasteiger partial charge in [0, 0.05) is 28.5 Å². The van der Waals surface area contributed by atoms with E-state index in [-0.39, 0.29) is 5.75 Å². The van der Waals surface area contributed by atoms with E-state index < -0.39 is 0 Å². The van der Waals surface area contributed by atoms with Crippen LogP contribution in [0.25, 0.3) is 16.9 Å². The van der Waals surface area contributed by atoms with E-state index in [1.54, 1.807) is 41.3 Å². The second-order valence-electron chi connectivity index (χ2n) is 6.00. The van der Waals surface area contributed by atoms with Crippen LogP contribution in [-0.2, 0) is 6.42 Å². The average molecular weight is 364 g/mol. The van der Waals surface area contributed by atoms with Crippen LogP contribution in [0.2, 0.25) is 0 Å². The highest BCUT2D eigenvalue weighted by Gasteiger charge is 2.10. The number of aromatic nitrogens is 4. The van der Waals surface area contributed by atoms with Crippen molar-refractivity contribution in [1.82, 2.24) is 19.6 Å². The molecule has 0 saturated heterocycles. The van der Waals surface area contributed by atoms with Gasteiger partial charge >= 0.3 is 0 Å². The highest BCUT2D eigenvalue weighted by Crippen LogP contribution is 2.25. The van der Waals surface area contributed by atoms with Crippen molar-refractivity contribution < 1.29 is 14.2 Å². The average Bonchev–Trinajstić information content (AvgIpc) is 3.15. The van der Waals surface area contributed by atoms with Crippen LogP contribution in [0, 0.1) is 0 Å². The fourth-order valence-corrected chi connectivity index (χ4v) is 2.84. The van der Waals surface area contributed by atoms with Crippen molar-refractivity contribution >= 4 is 5.65 Å². The normalized spacial score (nSPS) is 10.9. The Hall–Kier alpha value is -3.48. The van der Waals surface area contributed by atoms with Gasteiger partial charge in [0.15, 0.2) is 11.4 Å². The zero-order chi connectivity index (χ0) is 18.5. The molecule has 6 nitrogen and oxygen atoms in total. The molecule has 0 spiro atoms. The van der Waals surface area contributed by atoms with Crippen molar-refractivity contribution in [2.24, 2.45) is 0 Å². The number of benzene rings is 1. The minimum absolute atomic E-state index is 0.131. The van der Waals surface area contributed by atoms with Gasteiger partial charge in [-0.15, -0.1) is 5.10 Å². The topological polar surface area (TPSA) is 61.5 Å². The molecule has 1 aromatic carbocycles. The summed E-state index contributed by atoms with van der Waals surface area (Å²) in [4.78, 5) is 12.2. The molecule has 0 atom stereocenters. The van der Waals surface area contributed by atoms with E-state index in [0.717, 1.165) is 24.1 Å². The summed E-state index contributed by atoms with van der Waals surface area (Å²) in [6.45, 7) is 0.552. The number of rotatable bonds is 7. The second-order valence-corrected chi connectivity index (χ2v) is 6.00. The molecule has 0 fully saturated rings. The molecular weight excluding hydrogens is 347 g/mol. The summed E-state index contributed by atoms with van der Waals surface area (Å²) in [5.74, 6) is 0.639. The van der Waals surface area contributed by atoms with Crippen LogP contribution in [0.1, 0.15) is 12.0 Å². The molecule has 3 aromatic heterocycles. The number of pyridine rings is 1. The highest BCUT2D eigenvalue weighted by molar-refractivity contribution is 5.64. The molecule has 0 radical (unpaired) electrons. The Morgan fingerprint density at radius 2 is 1.93 bits per heavy atom. The summed E-state index contributed by atoms with van der Waals surface area (Å²) in [7, 11) is 0. The van der Waals surface area contributed by atoms with Crippen molar-refractivity contribution in [1.29, 1.82) is 0 Å². The van der Waals surface area contributed by atoms with Gasteiger partial charge < -0.3 is 4.74 Å². The van der Waals surface area contributed by atoms with Gasteiger partial charge in [-0.3, -0.25) is 9.93 Å². The lowest BCUT2D eigenvalue weighted by Gasteiger charge is -2.07. The number of halogens is 1. The largest absolute Gasteiger partial charge is 0.477 e. The number of fused-ring (bicyclic) bond motifs is 1. The first-order valence-corrected chi connectivity index (χ1v) is 8.59. The third kappa shape index (κ3) is 3.87. The molecule has 0 unspecified atom stereocenters.